The van der Waals surface area contributed by atoms with Crippen LogP contribution in [0.4, 0.5) is 0 Å². The fourth-order valence-corrected chi connectivity index (χ4v) is 7.06. The Bertz CT molecular complexity index is 863. The standard InChI is InChI=1S/C26H28NP/c1-3-5-9-16-23(4-2)27-28(24-17-10-6-11-18-24,25-19-12-7-13-20-25)26-21-14-8-15-22-26/h6-8,10-15,17-23H,3-5H2,1-2H3. The van der Waals surface area contributed by atoms with Gasteiger partial charge in [-0.1, -0.05) is 111 Å². The molecule has 0 fully saturated rings. The molecular weight excluding hydrogens is 357 g/mol. The Balaban J connectivity index is 2.34. The van der Waals surface area contributed by atoms with E-state index in [4.69, 9.17) is 4.74 Å². The van der Waals surface area contributed by atoms with Gasteiger partial charge >= 0.3 is 0 Å². The van der Waals surface area contributed by atoms with E-state index in [-0.39, 0.29) is 6.04 Å². The van der Waals surface area contributed by atoms with Gasteiger partial charge in [0.2, 0.25) is 0 Å². The van der Waals surface area contributed by atoms with E-state index in [0.29, 0.717) is 0 Å². The highest BCUT2D eigenvalue weighted by Crippen LogP contribution is 2.47. The number of unbranched alkanes of at least 4 members (excludes halogenated alkanes) is 1. The predicted octanol–water partition coefficient (Wildman–Crippen LogP) is 5.75. The Labute approximate surface area is 169 Å². The molecule has 0 aliphatic carbocycles. The van der Waals surface area contributed by atoms with Crippen LogP contribution in [0, 0.1) is 11.8 Å². The Kier molecular flexibility index (Phi) is 7.30. The zero-order valence-corrected chi connectivity index (χ0v) is 17.6. The second kappa shape index (κ2) is 10.1. The maximum absolute atomic E-state index is 5.55. The molecule has 142 valence electrons. The number of rotatable bonds is 6. The van der Waals surface area contributed by atoms with Gasteiger partial charge in [0.25, 0.3) is 0 Å². The Hall–Kier alpha value is -2.55. The van der Waals surface area contributed by atoms with Gasteiger partial charge in [-0.15, -0.1) is 5.92 Å². The van der Waals surface area contributed by atoms with Crippen LogP contribution in [0.15, 0.2) is 95.7 Å². The smallest absolute Gasteiger partial charge is 0.110 e. The van der Waals surface area contributed by atoms with E-state index in [1.807, 2.05) is 0 Å². The quantitative estimate of drug-likeness (QED) is 0.379. The number of nitrogens with zero attached hydrogens (tertiary/aromatic N) is 1. The van der Waals surface area contributed by atoms with Gasteiger partial charge in [-0.05, 0) is 12.8 Å². The molecule has 0 spiro atoms. The van der Waals surface area contributed by atoms with Crippen molar-refractivity contribution < 1.29 is 0 Å². The first kappa shape index (κ1) is 20.2. The maximum atomic E-state index is 5.55. The van der Waals surface area contributed by atoms with Crippen LogP contribution in [0.25, 0.3) is 0 Å². The summed E-state index contributed by atoms with van der Waals surface area (Å²) >= 11 is 0. The highest BCUT2D eigenvalue weighted by atomic mass is 31.2. The van der Waals surface area contributed by atoms with Crippen LogP contribution in [-0.4, -0.2) is 6.04 Å². The second-order valence-corrected chi connectivity index (χ2v) is 9.80. The van der Waals surface area contributed by atoms with E-state index in [0.717, 1.165) is 19.3 Å². The SMILES string of the molecule is CCCC#CC(CC)N=P(c1ccccc1)(c1ccccc1)c1ccccc1. The van der Waals surface area contributed by atoms with E-state index in [1.54, 1.807) is 0 Å². The molecule has 0 saturated heterocycles. The van der Waals surface area contributed by atoms with Gasteiger partial charge in [0, 0.05) is 22.3 Å². The third-order valence-electron chi connectivity index (χ3n) is 4.73. The van der Waals surface area contributed by atoms with Crippen molar-refractivity contribution in [2.24, 2.45) is 4.74 Å². The van der Waals surface area contributed by atoms with Crippen molar-refractivity contribution in [2.45, 2.75) is 39.2 Å². The lowest BCUT2D eigenvalue weighted by molar-refractivity contribution is 0.814. The number of hydrogen-bond donors (Lipinski definition) is 0. The summed E-state index contributed by atoms with van der Waals surface area (Å²) in [6.07, 6.45) is 2.93. The van der Waals surface area contributed by atoms with Crippen LogP contribution < -0.4 is 15.9 Å². The molecule has 0 heterocycles. The molecule has 0 saturated carbocycles. The van der Waals surface area contributed by atoms with Crippen molar-refractivity contribution in [3.05, 3.63) is 91.0 Å². The Morgan fingerprint density at radius 3 is 1.50 bits per heavy atom. The summed E-state index contributed by atoms with van der Waals surface area (Å²) in [5.74, 6) is 6.78. The van der Waals surface area contributed by atoms with Crippen LogP contribution in [0.3, 0.4) is 0 Å². The molecule has 1 nitrogen and oxygen atoms in total. The van der Waals surface area contributed by atoms with E-state index >= 15 is 0 Å². The molecular formula is C26H28NP. The van der Waals surface area contributed by atoms with Gasteiger partial charge in [0.1, 0.15) is 6.04 Å². The fourth-order valence-electron chi connectivity index (χ4n) is 3.32. The summed E-state index contributed by atoms with van der Waals surface area (Å²) in [4.78, 5) is 0. The van der Waals surface area contributed by atoms with Gasteiger partial charge in [0.05, 0.1) is 7.05 Å². The lowest BCUT2D eigenvalue weighted by Gasteiger charge is -2.28. The molecule has 2 heteroatoms. The second-order valence-electron chi connectivity index (χ2n) is 6.75. The summed E-state index contributed by atoms with van der Waals surface area (Å²) in [6, 6.07) is 32.3. The molecule has 3 aromatic carbocycles. The van der Waals surface area contributed by atoms with E-state index in [9.17, 15) is 0 Å². The van der Waals surface area contributed by atoms with Crippen LogP contribution in [-0.2, 0) is 0 Å². The molecule has 1 unspecified atom stereocenters. The molecule has 0 aliphatic heterocycles. The molecule has 0 N–H and O–H groups in total. The Morgan fingerprint density at radius 1 is 0.714 bits per heavy atom. The molecule has 0 radical (unpaired) electrons. The summed E-state index contributed by atoms with van der Waals surface area (Å²) < 4.78 is 5.55. The van der Waals surface area contributed by atoms with Crippen molar-refractivity contribution in [3.8, 4) is 11.8 Å². The van der Waals surface area contributed by atoms with Crippen molar-refractivity contribution in [1.29, 1.82) is 0 Å². The van der Waals surface area contributed by atoms with Gasteiger partial charge < -0.3 is 0 Å². The zero-order chi connectivity index (χ0) is 19.7. The van der Waals surface area contributed by atoms with Gasteiger partial charge in [0.15, 0.2) is 0 Å². The normalized spacial score (nSPS) is 11.9. The number of benzene rings is 3. The molecule has 1 atom stereocenters. The van der Waals surface area contributed by atoms with Crippen molar-refractivity contribution in [2.75, 3.05) is 0 Å². The lowest BCUT2D eigenvalue weighted by atomic mass is 10.2. The largest absolute Gasteiger partial charge is 0.274 e. The van der Waals surface area contributed by atoms with Gasteiger partial charge in [-0.3, -0.25) is 4.74 Å². The average molecular weight is 385 g/mol. The average Bonchev–Trinajstić information content (AvgIpc) is 2.78. The van der Waals surface area contributed by atoms with E-state index < -0.39 is 7.05 Å². The minimum atomic E-state index is -2.15. The third kappa shape index (κ3) is 4.46. The lowest BCUT2D eigenvalue weighted by Crippen LogP contribution is -2.26. The highest BCUT2D eigenvalue weighted by molar-refractivity contribution is 7.87. The van der Waals surface area contributed by atoms with Crippen LogP contribution in [0.5, 0.6) is 0 Å². The summed E-state index contributed by atoms with van der Waals surface area (Å²) in [6.45, 7) is 4.35. The first-order chi connectivity index (χ1) is 13.8. The Morgan fingerprint density at radius 2 is 1.14 bits per heavy atom. The summed E-state index contributed by atoms with van der Waals surface area (Å²) in [5.41, 5.74) is 0. The van der Waals surface area contributed by atoms with Gasteiger partial charge in [-0.2, -0.15) is 0 Å². The molecule has 28 heavy (non-hydrogen) atoms. The summed E-state index contributed by atoms with van der Waals surface area (Å²) in [5, 5.41) is 3.84. The molecule has 0 bridgehead atoms. The molecule has 3 rings (SSSR count). The zero-order valence-electron chi connectivity index (χ0n) is 16.8. The molecule has 3 aromatic rings. The monoisotopic (exact) mass is 385 g/mol. The summed E-state index contributed by atoms with van der Waals surface area (Å²) in [7, 11) is -2.15. The van der Waals surface area contributed by atoms with E-state index in [2.05, 4.69) is 117 Å². The minimum Gasteiger partial charge on any atom is -0.274 e. The first-order valence-electron chi connectivity index (χ1n) is 10.1. The number of hydrogen-bond acceptors (Lipinski definition) is 1. The van der Waals surface area contributed by atoms with Crippen molar-refractivity contribution in [1.82, 2.24) is 0 Å². The molecule has 0 aliphatic rings. The minimum absolute atomic E-state index is 0.0282. The molecule has 0 aromatic heterocycles. The third-order valence-corrected chi connectivity index (χ3v) is 8.49. The van der Waals surface area contributed by atoms with Crippen molar-refractivity contribution >= 4 is 23.0 Å². The highest BCUT2D eigenvalue weighted by Gasteiger charge is 2.27. The van der Waals surface area contributed by atoms with E-state index in [1.165, 1.54) is 15.9 Å². The fraction of sp³-hybridized carbons (Fsp3) is 0.231. The topological polar surface area (TPSA) is 12.4 Å². The van der Waals surface area contributed by atoms with Crippen molar-refractivity contribution in [3.63, 3.8) is 0 Å². The molecule has 0 amide bonds. The van der Waals surface area contributed by atoms with Crippen LogP contribution in [0.1, 0.15) is 33.1 Å². The van der Waals surface area contributed by atoms with Gasteiger partial charge in [-0.25, -0.2) is 0 Å². The van der Waals surface area contributed by atoms with Crippen LogP contribution in [0.2, 0.25) is 0 Å². The van der Waals surface area contributed by atoms with Crippen LogP contribution >= 0.6 is 7.05 Å². The first-order valence-corrected chi connectivity index (χ1v) is 11.8. The maximum Gasteiger partial charge on any atom is 0.110 e. The predicted molar refractivity (Wildman–Crippen MR) is 124 cm³/mol.